The maximum atomic E-state index is 3.51. The molecule has 0 aliphatic heterocycles. The monoisotopic (exact) mass is 426 g/mol. The second-order valence-corrected chi connectivity index (χ2v) is 7.00. The second-order valence-electron chi connectivity index (χ2n) is 5.17. The van der Waals surface area contributed by atoms with E-state index in [9.17, 15) is 0 Å². The van der Waals surface area contributed by atoms with Crippen molar-refractivity contribution in [1.29, 1.82) is 0 Å². The summed E-state index contributed by atoms with van der Waals surface area (Å²) in [6.45, 7) is 2.05. The Labute approximate surface area is 154 Å². The molecule has 1 radical (unpaired) electrons. The van der Waals surface area contributed by atoms with Crippen LogP contribution in [0.15, 0.2) is 81.7 Å². The Balaban J connectivity index is 2.08. The molecule has 0 saturated heterocycles. The summed E-state index contributed by atoms with van der Waals surface area (Å²) in [4.78, 5) is 2.25. The number of benzene rings is 3. The molecule has 0 bridgehead atoms. The van der Waals surface area contributed by atoms with Gasteiger partial charge in [-0.25, -0.2) is 0 Å². The van der Waals surface area contributed by atoms with Gasteiger partial charge in [-0.2, -0.15) is 0 Å². The largest absolute Gasteiger partial charge is 0.311 e. The average Bonchev–Trinajstić information content (AvgIpc) is 2.59. The van der Waals surface area contributed by atoms with Gasteiger partial charge in [-0.3, -0.25) is 0 Å². The smallest absolute Gasteiger partial charge is 0.148 e. The number of anilines is 3. The molecule has 0 atom stereocenters. The minimum Gasteiger partial charge on any atom is -0.311 e. The summed E-state index contributed by atoms with van der Waals surface area (Å²) in [6, 6.07) is 25.3. The highest BCUT2D eigenvalue weighted by molar-refractivity contribution is 9.10. The molecule has 0 aromatic heterocycles. The first-order chi connectivity index (χ1) is 11.2. The van der Waals surface area contributed by atoms with Crippen molar-refractivity contribution in [2.24, 2.45) is 0 Å². The van der Waals surface area contributed by atoms with Crippen LogP contribution in [0.4, 0.5) is 17.1 Å². The molecule has 0 fully saturated rings. The summed E-state index contributed by atoms with van der Waals surface area (Å²) in [5.41, 5.74) is 4.62. The molecular weight excluding hydrogens is 413 g/mol. The lowest BCUT2D eigenvalue weighted by atomic mass is 9.73. The summed E-state index contributed by atoms with van der Waals surface area (Å²) < 4.78 is 2.15. The normalized spacial score (nSPS) is 10.4. The van der Waals surface area contributed by atoms with Crippen LogP contribution in [-0.2, 0) is 0 Å². The van der Waals surface area contributed by atoms with Crippen LogP contribution in [0.1, 0.15) is 0 Å². The fourth-order valence-corrected chi connectivity index (χ4v) is 2.97. The fraction of sp³-hybridized carbons (Fsp3) is 0.0526. The second kappa shape index (κ2) is 7.37. The van der Waals surface area contributed by atoms with Gasteiger partial charge in [-0.05, 0) is 60.7 Å². The number of hydrogen-bond donors (Lipinski definition) is 0. The summed E-state index contributed by atoms with van der Waals surface area (Å²) >= 11 is 7.01. The molecule has 113 valence electrons. The van der Waals surface area contributed by atoms with Crippen molar-refractivity contribution in [2.45, 2.75) is 6.82 Å². The van der Waals surface area contributed by atoms with E-state index in [0.717, 1.165) is 26.0 Å². The first kappa shape index (κ1) is 16.3. The SMILES string of the molecule is C[B]c1ccc(N(c2ccc(Br)cc2)c2ccc(Br)cc2)cc1. The van der Waals surface area contributed by atoms with Gasteiger partial charge in [0.05, 0.1) is 0 Å². The van der Waals surface area contributed by atoms with Gasteiger partial charge in [-0.1, -0.05) is 56.3 Å². The fourth-order valence-electron chi connectivity index (χ4n) is 2.44. The van der Waals surface area contributed by atoms with E-state index in [1.807, 2.05) is 0 Å². The molecule has 0 spiro atoms. The van der Waals surface area contributed by atoms with E-state index in [1.54, 1.807) is 0 Å². The molecule has 0 saturated carbocycles. The third kappa shape index (κ3) is 3.88. The Morgan fingerprint density at radius 3 is 1.30 bits per heavy atom. The minimum atomic E-state index is 1.08. The van der Waals surface area contributed by atoms with E-state index in [4.69, 9.17) is 0 Å². The van der Waals surface area contributed by atoms with Crippen LogP contribution in [0.25, 0.3) is 0 Å². The number of halogens is 2. The summed E-state index contributed by atoms with van der Waals surface area (Å²) in [5, 5.41) is 0. The molecule has 23 heavy (non-hydrogen) atoms. The molecule has 0 N–H and O–H groups in total. The van der Waals surface area contributed by atoms with Gasteiger partial charge < -0.3 is 4.90 Å². The Bertz CT molecular complexity index is 722. The number of nitrogens with zero attached hydrogens (tertiary/aromatic N) is 1. The highest BCUT2D eigenvalue weighted by Gasteiger charge is 2.12. The van der Waals surface area contributed by atoms with Crippen LogP contribution in [-0.4, -0.2) is 7.28 Å². The third-order valence-electron chi connectivity index (χ3n) is 3.65. The van der Waals surface area contributed by atoms with Crippen LogP contribution < -0.4 is 10.4 Å². The minimum absolute atomic E-state index is 1.08. The molecule has 1 nitrogen and oxygen atoms in total. The van der Waals surface area contributed by atoms with Gasteiger partial charge in [0.15, 0.2) is 0 Å². The molecule has 0 aliphatic carbocycles. The maximum Gasteiger partial charge on any atom is 0.148 e. The maximum absolute atomic E-state index is 3.51. The van der Waals surface area contributed by atoms with Gasteiger partial charge in [0, 0.05) is 26.0 Å². The molecular formula is C19H15BBr2N. The molecule has 3 aromatic rings. The first-order valence-corrected chi connectivity index (χ1v) is 8.96. The quantitative estimate of drug-likeness (QED) is 0.457. The van der Waals surface area contributed by atoms with Crippen LogP contribution in [0, 0.1) is 0 Å². The van der Waals surface area contributed by atoms with E-state index in [1.165, 1.54) is 5.46 Å². The summed E-state index contributed by atoms with van der Waals surface area (Å²) in [5.74, 6) is 0. The highest BCUT2D eigenvalue weighted by atomic mass is 79.9. The van der Waals surface area contributed by atoms with E-state index < -0.39 is 0 Å². The van der Waals surface area contributed by atoms with Gasteiger partial charge in [0.1, 0.15) is 7.28 Å². The lowest BCUT2D eigenvalue weighted by Crippen LogP contribution is -2.13. The van der Waals surface area contributed by atoms with Crippen molar-refractivity contribution in [3.05, 3.63) is 81.7 Å². The summed E-state index contributed by atoms with van der Waals surface area (Å²) in [6.07, 6.45) is 0. The van der Waals surface area contributed by atoms with Gasteiger partial charge in [-0.15, -0.1) is 0 Å². The average molecular weight is 428 g/mol. The van der Waals surface area contributed by atoms with Crippen molar-refractivity contribution in [3.63, 3.8) is 0 Å². The molecule has 4 heteroatoms. The predicted molar refractivity (Wildman–Crippen MR) is 108 cm³/mol. The Hall–Kier alpha value is -1.52. The van der Waals surface area contributed by atoms with Crippen LogP contribution in [0.5, 0.6) is 0 Å². The van der Waals surface area contributed by atoms with Crippen molar-refractivity contribution in [2.75, 3.05) is 4.90 Å². The van der Waals surface area contributed by atoms with Gasteiger partial charge in [0.25, 0.3) is 0 Å². The van der Waals surface area contributed by atoms with Crippen LogP contribution in [0.3, 0.4) is 0 Å². The predicted octanol–water partition coefficient (Wildman–Crippen LogP) is 6.06. The molecule has 0 unspecified atom stereocenters. The van der Waals surface area contributed by atoms with E-state index >= 15 is 0 Å². The van der Waals surface area contributed by atoms with Crippen molar-refractivity contribution < 1.29 is 0 Å². The number of rotatable bonds is 4. The van der Waals surface area contributed by atoms with Crippen molar-refractivity contribution in [1.82, 2.24) is 0 Å². The zero-order chi connectivity index (χ0) is 16.2. The molecule has 3 aromatic carbocycles. The lowest BCUT2D eigenvalue weighted by molar-refractivity contribution is 1.28. The zero-order valence-electron chi connectivity index (χ0n) is 12.7. The van der Waals surface area contributed by atoms with Gasteiger partial charge in [0.2, 0.25) is 0 Å². The molecule has 0 amide bonds. The van der Waals surface area contributed by atoms with E-state index in [-0.39, 0.29) is 0 Å². The molecule has 3 rings (SSSR count). The lowest BCUT2D eigenvalue weighted by Gasteiger charge is -2.25. The van der Waals surface area contributed by atoms with Crippen LogP contribution >= 0.6 is 31.9 Å². The van der Waals surface area contributed by atoms with E-state index in [2.05, 4.69) is 124 Å². The van der Waals surface area contributed by atoms with Gasteiger partial charge >= 0.3 is 0 Å². The Morgan fingerprint density at radius 1 is 0.609 bits per heavy atom. The Morgan fingerprint density at radius 2 is 0.957 bits per heavy atom. The van der Waals surface area contributed by atoms with Crippen LogP contribution in [0.2, 0.25) is 6.82 Å². The van der Waals surface area contributed by atoms with Crippen molar-refractivity contribution in [3.8, 4) is 0 Å². The molecule has 0 aliphatic rings. The summed E-state index contributed by atoms with van der Waals surface area (Å²) in [7, 11) is 2.10. The third-order valence-corrected chi connectivity index (χ3v) is 4.71. The zero-order valence-corrected chi connectivity index (χ0v) is 15.9. The standard InChI is InChI=1S/C19H15BBr2N/c1-20-14-2-8-17(9-3-14)23(18-10-4-15(21)5-11-18)19-12-6-16(22)7-13-19/h2-13H,1H3. The Kier molecular flexibility index (Phi) is 5.24. The molecule has 0 heterocycles. The topological polar surface area (TPSA) is 3.24 Å². The highest BCUT2D eigenvalue weighted by Crippen LogP contribution is 2.35. The first-order valence-electron chi connectivity index (χ1n) is 7.38. The van der Waals surface area contributed by atoms with Crippen molar-refractivity contribution >= 4 is 61.7 Å². The van der Waals surface area contributed by atoms with E-state index in [0.29, 0.717) is 0 Å². The number of hydrogen-bond acceptors (Lipinski definition) is 1.